The number of halogens is 1. The molecule has 0 unspecified atom stereocenters. The molecule has 0 amide bonds. The molecule has 0 radical (unpaired) electrons. The third-order valence-corrected chi connectivity index (χ3v) is 2.33. The molecule has 0 N–H and O–H groups in total. The van der Waals surface area contributed by atoms with Crippen LogP contribution in [0.4, 0.5) is 0 Å². The fourth-order valence-corrected chi connectivity index (χ4v) is 1.51. The maximum absolute atomic E-state index is 10.5. The molecule has 0 atom stereocenters. The number of aromatic nitrogens is 3. The number of nitrogens with zero attached hydrogens (tertiary/aromatic N) is 3. The van der Waals surface area contributed by atoms with E-state index >= 15 is 0 Å². The molecule has 1 heterocycles. The predicted octanol–water partition coefficient (Wildman–Crippen LogP) is 1.74. The summed E-state index contributed by atoms with van der Waals surface area (Å²) in [5, 5.41) is 7.92. The molecule has 0 saturated heterocycles. The average molecular weight is 238 g/mol. The Balaban J connectivity index is 2.40. The number of benzene rings is 1. The summed E-state index contributed by atoms with van der Waals surface area (Å²) in [6.45, 7) is 0. The minimum absolute atomic E-state index is 0.270. The summed E-state index contributed by atoms with van der Waals surface area (Å²) in [7, 11) is 1.54. The van der Waals surface area contributed by atoms with E-state index in [0.29, 0.717) is 22.7 Å². The largest absolute Gasteiger partial charge is 0.495 e. The van der Waals surface area contributed by atoms with Gasteiger partial charge < -0.3 is 4.74 Å². The van der Waals surface area contributed by atoms with Gasteiger partial charge in [0.1, 0.15) is 11.4 Å². The minimum Gasteiger partial charge on any atom is -0.495 e. The molecular formula is C10H8ClN3O2. The summed E-state index contributed by atoms with van der Waals surface area (Å²) in [5.74, 6) is 0.584. The van der Waals surface area contributed by atoms with Crippen molar-refractivity contribution in [1.82, 2.24) is 15.0 Å². The third-order valence-electron chi connectivity index (χ3n) is 2.03. The molecule has 82 valence electrons. The first kappa shape index (κ1) is 10.6. The Morgan fingerprint density at radius 2 is 2.31 bits per heavy atom. The lowest BCUT2D eigenvalue weighted by Crippen LogP contribution is -1.95. The van der Waals surface area contributed by atoms with E-state index < -0.39 is 0 Å². The van der Waals surface area contributed by atoms with Crippen molar-refractivity contribution < 1.29 is 9.53 Å². The molecule has 1 aromatic carbocycles. The summed E-state index contributed by atoms with van der Waals surface area (Å²) in [4.78, 5) is 10.5. The topological polar surface area (TPSA) is 57.0 Å². The molecule has 5 nitrogen and oxygen atoms in total. The summed E-state index contributed by atoms with van der Waals surface area (Å²) in [6, 6.07) is 5.18. The molecule has 0 saturated carbocycles. The number of ether oxygens (including phenoxy) is 1. The molecule has 0 fully saturated rings. The number of carbonyl (C=O) groups is 1. The van der Waals surface area contributed by atoms with Crippen LogP contribution in [0, 0.1) is 0 Å². The van der Waals surface area contributed by atoms with E-state index in [-0.39, 0.29) is 5.69 Å². The number of hydrogen-bond acceptors (Lipinski definition) is 4. The van der Waals surface area contributed by atoms with Crippen molar-refractivity contribution in [3.8, 4) is 11.4 Å². The zero-order valence-corrected chi connectivity index (χ0v) is 9.18. The lowest BCUT2D eigenvalue weighted by molar-refractivity contribution is 0.111. The molecule has 16 heavy (non-hydrogen) atoms. The van der Waals surface area contributed by atoms with Gasteiger partial charge in [0.15, 0.2) is 6.29 Å². The molecule has 2 rings (SSSR count). The molecule has 6 heteroatoms. The van der Waals surface area contributed by atoms with E-state index in [1.54, 1.807) is 25.3 Å². The van der Waals surface area contributed by atoms with Crippen LogP contribution >= 0.6 is 11.6 Å². The van der Waals surface area contributed by atoms with Crippen molar-refractivity contribution in [2.75, 3.05) is 7.11 Å². The van der Waals surface area contributed by atoms with E-state index in [9.17, 15) is 4.79 Å². The first-order valence-corrected chi connectivity index (χ1v) is 4.84. The maximum Gasteiger partial charge on any atom is 0.171 e. The van der Waals surface area contributed by atoms with Gasteiger partial charge in [-0.25, -0.2) is 4.68 Å². The monoisotopic (exact) mass is 237 g/mol. The Morgan fingerprint density at radius 1 is 1.50 bits per heavy atom. The van der Waals surface area contributed by atoms with Crippen molar-refractivity contribution in [3.63, 3.8) is 0 Å². The number of carbonyl (C=O) groups excluding carboxylic acids is 1. The van der Waals surface area contributed by atoms with Gasteiger partial charge >= 0.3 is 0 Å². The van der Waals surface area contributed by atoms with Gasteiger partial charge in [0, 0.05) is 0 Å². The van der Waals surface area contributed by atoms with E-state index in [1.165, 1.54) is 10.9 Å². The second kappa shape index (κ2) is 4.32. The Morgan fingerprint density at radius 3 is 2.88 bits per heavy atom. The predicted molar refractivity (Wildman–Crippen MR) is 58.3 cm³/mol. The van der Waals surface area contributed by atoms with E-state index in [2.05, 4.69) is 10.3 Å². The van der Waals surface area contributed by atoms with Crippen LogP contribution < -0.4 is 4.74 Å². The van der Waals surface area contributed by atoms with Crippen LogP contribution in [-0.2, 0) is 0 Å². The highest BCUT2D eigenvalue weighted by Gasteiger charge is 2.05. The van der Waals surface area contributed by atoms with Crippen molar-refractivity contribution in [3.05, 3.63) is 35.1 Å². The average Bonchev–Trinajstić information content (AvgIpc) is 2.77. The van der Waals surface area contributed by atoms with Gasteiger partial charge in [-0.3, -0.25) is 4.79 Å². The molecule has 2 aromatic rings. The number of hydrogen-bond donors (Lipinski definition) is 0. The molecule has 0 bridgehead atoms. The number of methoxy groups -OCH3 is 1. The van der Waals surface area contributed by atoms with Gasteiger partial charge in [0.25, 0.3) is 0 Å². The third kappa shape index (κ3) is 1.90. The summed E-state index contributed by atoms with van der Waals surface area (Å²) < 4.78 is 6.50. The quantitative estimate of drug-likeness (QED) is 0.763. The van der Waals surface area contributed by atoms with Crippen LogP contribution in [-0.4, -0.2) is 28.4 Å². The van der Waals surface area contributed by atoms with Crippen LogP contribution in [0.5, 0.6) is 5.75 Å². The van der Waals surface area contributed by atoms with Gasteiger partial charge in [-0.1, -0.05) is 16.8 Å². The zero-order chi connectivity index (χ0) is 11.5. The van der Waals surface area contributed by atoms with Gasteiger partial charge in [-0.05, 0) is 18.2 Å². The lowest BCUT2D eigenvalue weighted by atomic mass is 10.3. The first-order chi connectivity index (χ1) is 7.74. The summed E-state index contributed by atoms with van der Waals surface area (Å²) in [6.07, 6.45) is 2.15. The smallest absolute Gasteiger partial charge is 0.171 e. The number of rotatable bonds is 3. The fourth-order valence-electron chi connectivity index (χ4n) is 1.25. The molecule has 0 aliphatic rings. The van der Waals surface area contributed by atoms with Crippen molar-refractivity contribution in [2.24, 2.45) is 0 Å². The Hall–Kier alpha value is -1.88. The molecule has 0 spiro atoms. The van der Waals surface area contributed by atoms with Crippen molar-refractivity contribution in [2.45, 2.75) is 0 Å². The van der Waals surface area contributed by atoms with E-state index in [4.69, 9.17) is 16.3 Å². The maximum atomic E-state index is 10.5. The lowest BCUT2D eigenvalue weighted by Gasteiger charge is -2.04. The second-order valence-electron chi connectivity index (χ2n) is 3.02. The second-order valence-corrected chi connectivity index (χ2v) is 3.43. The van der Waals surface area contributed by atoms with Crippen molar-refractivity contribution in [1.29, 1.82) is 0 Å². The van der Waals surface area contributed by atoms with Crippen molar-refractivity contribution >= 4 is 17.9 Å². The molecule has 0 aliphatic carbocycles. The summed E-state index contributed by atoms with van der Waals surface area (Å²) >= 11 is 5.96. The standard InChI is InChI=1S/C10H8ClN3O2/c1-16-10-3-2-8(4-9(10)11)14-5-7(6-15)12-13-14/h2-6H,1H3. The summed E-state index contributed by atoms with van der Waals surface area (Å²) in [5.41, 5.74) is 0.985. The minimum atomic E-state index is 0.270. The van der Waals surface area contributed by atoms with Gasteiger partial charge in [-0.2, -0.15) is 0 Å². The van der Waals surface area contributed by atoms with E-state index in [0.717, 1.165) is 0 Å². The molecular weight excluding hydrogens is 230 g/mol. The van der Waals surface area contributed by atoms with Crippen LogP contribution in [0.3, 0.4) is 0 Å². The SMILES string of the molecule is COc1ccc(-n2cc(C=O)nn2)cc1Cl. The van der Waals surface area contributed by atoms with Gasteiger partial charge in [0.05, 0.1) is 24.0 Å². The Bertz CT molecular complexity index is 525. The molecule has 0 aliphatic heterocycles. The highest BCUT2D eigenvalue weighted by Crippen LogP contribution is 2.26. The van der Waals surface area contributed by atoms with Gasteiger partial charge in [0.2, 0.25) is 0 Å². The van der Waals surface area contributed by atoms with Crippen LogP contribution in [0.2, 0.25) is 5.02 Å². The van der Waals surface area contributed by atoms with E-state index in [1.807, 2.05) is 0 Å². The normalized spacial score (nSPS) is 10.1. The first-order valence-electron chi connectivity index (χ1n) is 4.46. The Labute approximate surface area is 96.6 Å². The highest BCUT2D eigenvalue weighted by atomic mass is 35.5. The zero-order valence-electron chi connectivity index (χ0n) is 8.42. The highest BCUT2D eigenvalue weighted by molar-refractivity contribution is 6.32. The van der Waals surface area contributed by atoms with Crippen LogP contribution in [0.15, 0.2) is 24.4 Å². The fraction of sp³-hybridized carbons (Fsp3) is 0.100. The van der Waals surface area contributed by atoms with Gasteiger partial charge in [-0.15, -0.1) is 5.10 Å². The van der Waals surface area contributed by atoms with Crippen LogP contribution in [0.1, 0.15) is 10.5 Å². The Kier molecular flexibility index (Phi) is 2.87. The van der Waals surface area contributed by atoms with Crippen LogP contribution in [0.25, 0.3) is 5.69 Å². The molecule has 1 aromatic heterocycles. The number of aldehydes is 1.